The minimum absolute atomic E-state index is 0.0537. The van der Waals surface area contributed by atoms with Gasteiger partial charge in [0, 0.05) is 6.42 Å². The lowest BCUT2D eigenvalue weighted by Gasteiger charge is -2.03. The van der Waals surface area contributed by atoms with E-state index in [1.807, 2.05) is 0 Å². The fourth-order valence-electron chi connectivity index (χ4n) is 3.51. The van der Waals surface area contributed by atoms with Gasteiger partial charge in [0.15, 0.2) is 0 Å². The third-order valence-corrected chi connectivity index (χ3v) is 5.18. The minimum Gasteiger partial charge on any atom is -0.469 e. The number of ether oxygens (including phenoxy) is 1. The van der Waals surface area contributed by atoms with Crippen molar-refractivity contribution in [2.75, 3.05) is 7.11 Å². The van der Waals surface area contributed by atoms with Crippen LogP contribution in [0.25, 0.3) is 0 Å². The summed E-state index contributed by atoms with van der Waals surface area (Å²) in [5.74, 6) is 1.94. The Bertz CT molecular complexity index is 275. The summed E-state index contributed by atoms with van der Waals surface area (Å²) < 4.78 is 4.67. The summed E-state index contributed by atoms with van der Waals surface area (Å²) in [5, 5.41) is 0. The Morgan fingerprint density at radius 1 is 0.818 bits per heavy atom. The van der Waals surface area contributed by atoms with Crippen LogP contribution in [0.15, 0.2) is 0 Å². The van der Waals surface area contributed by atoms with E-state index in [0.717, 1.165) is 18.3 Å². The Morgan fingerprint density at radius 3 is 1.86 bits per heavy atom. The molecule has 2 heteroatoms. The molecule has 2 atom stereocenters. The van der Waals surface area contributed by atoms with Gasteiger partial charge in [-0.2, -0.15) is 0 Å². The predicted octanol–water partition coefficient (Wildman–Crippen LogP) is 6.28. The molecule has 0 spiro atoms. The van der Waals surface area contributed by atoms with E-state index in [1.54, 1.807) is 0 Å². The first kappa shape index (κ1) is 19.5. The van der Waals surface area contributed by atoms with Crippen molar-refractivity contribution in [2.24, 2.45) is 11.8 Å². The standard InChI is InChI=1S/C20H38O2/c1-3-4-5-6-7-8-9-10-11-14-18-17-19(18)15-12-13-16-20(21)22-2/h18-19H,3-17H2,1-2H3/t18-,19-/m0/s1. The number of hydrogen-bond donors (Lipinski definition) is 0. The molecule has 0 bridgehead atoms. The lowest BCUT2D eigenvalue weighted by molar-refractivity contribution is -0.140. The molecule has 0 amide bonds. The molecule has 0 unspecified atom stereocenters. The highest BCUT2D eigenvalue weighted by Crippen LogP contribution is 2.45. The quantitative estimate of drug-likeness (QED) is 0.263. The summed E-state index contributed by atoms with van der Waals surface area (Å²) >= 11 is 0. The molecule has 1 saturated carbocycles. The molecule has 1 aliphatic carbocycles. The Balaban J connectivity index is 1.77. The maximum absolute atomic E-state index is 11.0. The van der Waals surface area contributed by atoms with E-state index in [4.69, 9.17) is 0 Å². The summed E-state index contributed by atoms with van der Waals surface area (Å²) in [6, 6.07) is 0. The third-order valence-electron chi connectivity index (χ3n) is 5.18. The van der Waals surface area contributed by atoms with Crippen LogP contribution in [0.1, 0.15) is 103 Å². The molecule has 0 saturated heterocycles. The molecule has 0 aromatic heterocycles. The second-order valence-corrected chi connectivity index (χ2v) is 7.19. The molecular weight excluding hydrogens is 272 g/mol. The van der Waals surface area contributed by atoms with Gasteiger partial charge in [-0.3, -0.25) is 4.79 Å². The Hall–Kier alpha value is -0.530. The van der Waals surface area contributed by atoms with Crippen LogP contribution in [-0.2, 0) is 9.53 Å². The topological polar surface area (TPSA) is 26.3 Å². The predicted molar refractivity (Wildman–Crippen MR) is 93.9 cm³/mol. The molecule has 2 nitrogen and oxygen atoms in total. The van der Waals surface area contributed by atoms with Gasteiger partial charge in [0.1, 0.15) is 0 Å². The van der Waals surface area contributed by atoms with E-state index >= 15 is 0 Å². The molecule has 0 aliphatic heterocycles. The first-order chi connectivity index (χ1) is 10.8. The number of esters is 1. The average molecular weight is 311 g/mol. The normalized spacial score (nSPS) is 20.1. The highest BCUT2D eigenvalue weighted by molar-refractivity contribution is 5.68. The van der Waals surface area contributed by atoms with Crippen LogP contribution >= 0.6 is 0 Å². The van der Waals surface area contributed by atoms with Gasteiger partial charge in [-0.15, -0.1) is 0 Å². The van der Waals surface area contributed by atoms with E-state index in [1.165, 1.54) is 90.6 Å². The zero-order chi connectivity index (χ0) is 16.0. The Labute approximate surface area is 138 Å². The Kier molecular flexibility index (Phi) is 11.5. The van der Waals surface area contributed by atoms with Crippen molar-refractivity contribution in [2.45, 2.75) is 103 Å². The van der Waals surface area contributed by atoms with Crippen molar-refractivity contribution in [3.8, 4) is 0 Å². The highest BCUT2D eigenvalue weighted by atomic mass is 16.5. The molecule has 1 fully saturated rings. The maximum Gasteiger partial charge on any atom is 0.305 e. The van der Waals surface area contributed by atoms with E-state index in [-0.39, 0.29) is 5.97 Å². The minimum atomic E-state index is -0.0537. The van der Waals surface area contributed by atoms with Crippen LogP contribution in [0.4, 0.5) is 0 Å². The monoisotopic (exact) mass is 310 g/mol. The maximum atomic E-state index is 11.0. The number of unbranched alkanes of at least 4 members (excludes halogenated alkanes) is 9. The summed E-state index contributed by atoms with van der Waals surface area (Å²) in [5.41, 5.74) is 0. The van der Waals surface area contributed by atoms with Crippen LogP contribution in [0.5, 0.6) is 0 Å². The van der Waals surface area contributed by atoms with Crippen LogP contribution in [-0.4, -0.2) is 13.1 Å². The molecule has 22 heavy (non-hydrogen) atoms. The number of rotatable bonds is 15. The average Bonchev–Trinajstić information content (AvgIpc) is 3.28. The second kappa shape index (κ2) is 13.0. The molecule has 1 rings (SSSR count). The van der Waals surface area contributed by atoms with Gasteiger partial charge in [-0.25, -0.2) is 0 Å². The van der Waals surface area contributed by atoms with E-state index in [2.05, 4.69) is 11.7 Å². The van der Waals surface area contributed by atoms with Gasteiger partial charge in [-0.05, 0) is 24.7 Å². The van der Waals surface area contributed by atoms with Crippen molar-refractivity contribution < 1.29 is 9.53 Å². The first-order valence-electron chi connectivity index (χ1n) is 9.84. The van der Waals surface area contributed by atoms with Crippen LogP contribution < -0.4 is 0 Å². The van der Waals surface area contributed by atoms with Crippen molar-refractivity contribution in [1.82, 2.24) is 0 Å². The lowest BCUT2D eigenvalue weighted by atomic mass is 10.0. The van der Waals surface area contributed by atoms with E-state index in [0.29, 0.717) is 6.42 Å². The van der Waals surface area contributed by atoms with Gasteiger partial charge in [0.2, 0.25) is 0 Å². The van der Waals surface area contributed by atoms with Crippen molar-refractivity contribution in [1.29, 1.82) is 0 Å². The van der Waals surface area contributed by atoms with Gasteiger partial charge >= 0.3 is 5.97 Å². The molecule has 0 N–H and O–H groups in total. The zero-order valence-corrected chi connectivity index (χ0v) is 15.1. The fraction of sp³-hybridized carbons (Fsp3) is 0.950. The SMILES string of the molecule is CCCCCCCCCCC[C@H]1C[C@@H]1CCCCC(=O)OC. The zero-order valence-electron chi connectivity index (χ0n) is 15.1. The summed E-state index contributed by atoms with van der Waals surface area (Å²) in [7, 11) is 1.48. The van der Waals surface area contributed by atoms with Gasteiger partial charge in [-0.1, -0.05) is 84.0 Å². The van der Waals surface area contributed by atoms with Crippen LogP contribution in [0.2, 0.25) is 0 Å². The number of methoxy groups -OCH3 is 1. The van der Waals surface area contributed by atoms with Crippen LogP contribution in [0.3, 0.4) is 0 Å². The van der Waals surface area contributed by atoms with Crippen molar-refractivity contribution in [3.05, 3.63) is 0 Å². The smallest absolute Gasteiger partial charge is 0.305 e. The molecule has 0 radical (unpaired) electrons. The molecular formula is C20H38O2. The molecule has 1 aliphatic rings. The number of carbonyl (C=O) groups is 1. The lowest BCUT2D eigenvalue weighted by Crippen LogP contribution is -1.99. The van der Waals surface area contributed by atoms with Gasteiger partial charge < -0.3 is 4.74 Å². The Morgan fingerprint density at radius 2 is 1.32 bits per heavy atom. The first-order valence-corrected chi connectivity index (χ1v) is 9.84. The highest BCUT2D eigenvalue weighted by Gasteiger charge is 2.35. The van der Waals surface area contributed by atoms with E-state index < -0.39 is 0 Å². The third kappa shape index (κ3) is 10.2. The van der Waals surface area contributed by atoms with Gasteiger partial charge in [0.05, 0.1) is 7.11 Å². The summed E-state index contributed by atoms with van der Waals surface area (Å²) in [4.78, 5) is 11.0. The molecule has 130 valence electrons. The number of hydrogen-bond acceptors (Lipinski definition) is 2. The van der Waals surface area contributed by atoms with Crippen molar-refractivity contribution in [3.63, 3.8) is 0 Å². The molecule has 0 heterocycles. The molecule has 0 aromatic carbocycles. The largest absolute Gasteiger partial charge is 0.469 e. The second-order valence-electron chi connectivity index (χ2n) is 7.19. The number of carbonyl (C=O) groups excluding carboxylic acids is 1. The molecule has 0 aromatic rings. The fourth-order valence-corrected chi connectivity index (χ4v) is 3.51. The van der Waals surface area contributed by atoms with Crippen molar-refractivity contribution >= 4 is 5.97 Å². The van der Waals surface area contributed by atoms with Crippen LogP contribution in [0, 0.1) is 11.8 Å². The van der Waals surface area contributed by atoms with Gasteiger partial charge in [0.25, 0.3) is 0 Å². The summed E-state index contributed by atoms with van der Waals surface area (Å²) in [6.07, 6.45) is 20.0. The van der Waals surface area contributed by atoms with E-state index in [9.17, 15) is 4.79 Å². The summed E-state index contributed by atoms with van der Waals surface area (Å²) in [6.45, 7) is 2.28.